The standard InChI is InChI=1S/C26H17NO5/c1-16-13-24(28)31-22-15-18(11-12-19(16)22)30-23(14-17-7-3-2-4-8-17)25-27-21-10-6-5-9-20(21)26(29)32-25/h2-15H,1H3/b23-14+. The highest BCUT2D eigenvalue weighted by molar-refractivity contribution is 5.83. The lowest BCUT2D eigenvalue weighted by atomic mass is 10.1. The van der Waals surface area contributed by atoms with Crippen molar-refractivity contribution in [1.82, 2.24) is 4.98 Å². The molecule has 0 fully saturated rings. The van der Waals surface area contributed by atoms with Crippen LogP contribution in [0.25, 0.3) is 33.7 Å². The molecule has 0 unspecified atom stereocenters. The Hall–Kier alpha value is -4.45. The summed E-state index contributed by atoms with van der Waals surface area (Å²) in [6, 6.07) is 23.1. The van der Waals surface area contributed by atoms with Gasteiger partial charge in [0.15, 0.2) is 5.76 Å². The minimum atomic E-state index is -0.506. The van der Waals surface area contributed by atoms with Gasteiger partial charge in [0.25, 0.3) is 5.89 Å². The fraction of sp³-hybridized carbons (Fsp3) is 0.0385. The molecule has 0 saturated carbocycles. The molecule has 5 rings (SSSR count). The third-order valence-electron chi connectivity index (χ3n) is 4.99. The van der Waals surface area contributed by atoms with E-state index in [0.717, 1.165) is 16.5 Å². The van der Waals surface area contributed by atoms with Gasteiger partial charge in [-0.2, -0.15) is 0 Å². The zero-order valence-corrected chi connectivity index (χ0v) is 17.1. The summed E-state index contributed by atoms with van der Waals surface area (Å²) >= 11 is 0. The van der Waals surface area contributed by atoms with Gasteiger partial charge in [-0.1, -0.05) is 42.5 Å². The molecule has 0 atom stereocenters. The van der Waals surface area contributed by atoms with Crippen molar-refractivity contribution in [1.29, 1.82) is 0 Å². The van der Waals surface area contributed by atoms with Gasteiger partial charge in [-0.3, -0.25) is 0 Å². The minimum Gasteiger partial charge on any atom is -0.451 e. The Balaban J connectivity index is 1.65. The fourth-order valence-corrected chi connectivity index (χ4v) is 3.46. The van der Waals surface area contributed by atoms with E-state index in [-0.39, 0.29) is 11.6 Å². The van der Waals surface area contributed by atoms with Crippen LogP contribution in [-0.4, -0.2) is 4.98 Å². The molecular weight excluding hydrogens is 406 g/mol. The van der Waals surface area contributed by atoms with E-state index in [4.69, 9.17) is 13.6 Å². The Morgan fingerprint density at radius 1 is 0.875 bits per heavy atom. The molecule has 0 aliphatic rings. The van der Waals surface area contributed by atoms with Crippen molar-refractivity contribution >= 4 is 33.7 Å². The van der Waals surface area contributed by atoms with Crippen LogP contribution in [0.4, 0.5) is 0 Å². The molecule has 3 aromatic carbocycles. The summed E-state index contributed by atoms with van der Waals surface area (Å²) in [4.78, 5) is 28.8. The van der Waals surface area contributed by atoms with Gasteiger partial charge in [0.1, 0.15) is 11.3 Å². The van der Waals surface area contributed by atoms with Gasteiger partial charge in [-0.25, -0.2) is 14.6 Å². The van der Waals surface area contributed by atoms with Gasteiger partial charge in [0.05, 0.1) is 10.9 Å². The molecule has 0 saturated heterocycles. The van der Waals surface area contributed by atoms with Gasteiger partial charge >= 0.3 is 11.3 Å². The van der Waals surface area contributed by atoms with Gasteiger partial charge < -0.3 is 13.6 Å². The molecule has 0 aliphatic carbocycles. The number of rotatable bonds is 4. The normalized spacial score (nSPS) is 11.7. The Labute approximate surface area is 182 Å². The molecule has 2 aromatic heterocycles. The van der Waals surface area contributed by atoms with Crippen LogP contribution in [-0.2, 0) is 0 Å². The third kappa shape index (κ3) is 3.81. The van der Waals surface area contributed by atoms with Crippen molar-refractivity contribution in [3.05, 3.63) is 117 Å². The van der Waals surface area contributed by atoms with Crippen LogP contribution in [0.1, 0.15) is 17.0 Å². The van der Waals surface area contributed by atoms with E-state index < -0.39 is 11.3 Å². The van der Waals surface area contributed by atoms with Crippen LogP contribution in [0.15, 0.2) is 97.3 Å². The Morgan fingerprint density at radius 3 is 2.50 bits per heavy atom. The number of para-hydroxylation sites is 1. The Kier molecular flexibility index (Phi) is 4.88. The predicted molar refractivity (Wildman–Crippen MR) is 122 cm³/mol. The zero-order chi connectivity index (χ0) is 22.1. The van der Waals surface area contributed by atoms with E-state index in [1.807, 2.05) is 43.3 Å². The summed E-state index contributed by atoms with van der Waals surface area (Å²) in [5, 5.41) is 1.19. The van der Waals surface area contributed by atoms with Crippen molar-refractivity contribution in [2.75, 3.05) is 0 Å². The first-order valence-corrected chi connectivity index (χ1v) is 9.96. The average Bonchev–Trinajstić information content (AvgIpc) is 2.79. The second kappa shape index (κ2) is 8.00. The largest absolute Gasteiger partial charge is 0.451 e. The highest BCUT2D eigenvalue weighted by atomic mass is 16.5. The lowest BCUT2D eigenvalue weighted by Crippen LogP contribution is -2.07. The van der Waals surface area contributed by atoms with Crippen molar-refractivity contribution in [2.24, 2.45) is 0 Å². The van der Waals surface area contributed by atoms with E-state index in [1.165, 1.54) is 6.07 Å². The molecule has 156 valence electrons. The molecule has 2 heterocycles. The summed E-state index contributed by atoms with van der Waals surface area (Å²) in [7, 11) is 0. The first-order valence-electron chi connectivity index (χ1n) is 9.96. The van der Waals surface area contributed by atoms with Crippen LogP contribution in [0.3, 0.4) is 0 Å². The van der Waals surface area contributed by atoms with E-state index >= 15 is 0 Å². The van der Waals surface area contributed by atoms with Gasteiger partial charge in [0, 0.05) is 17.5 Å². The molecular formula is C26H17NO5. The van der Waals surface area contributed by atoms with E-state index in [0.29, 0.717) is 22.2 Å². The second-order valence-electron chi connectivity index (χ2n) is 7.25. The maximum atomic E-state index is 12.5. The Morgan fingerprint density at radius 2 is 1.66 bits per heavy atom. The number of hydrogen-bond donors (Lipinski definition) is 0. The number of fused-ring (bicyclic) bond motifs is 2. The molecule has 6 heteroatoms. The summed E-state index contributed by atoms with van der Waals surface area (Å²) in [6.07, 6.45) is 1.73. The summed E-state index contributed by atoms with van der Waals surface area (Å²) in [5.41, 5.74) is 1.61. The van der Waals surface area contributed by atoms with Crippen molar-refractivity contribution < 1.29 is 13.6 Å². The quantitative estimate of drug-likeness (QED) is 0.293. The van der Waals surface area contributed by atoms with Crippen LogP contribution in [0.2, 0.25) is 0 Å². The predicted octanol–water partition coefficient (Wildman–Crippen LogP) is 5.18. The molecule has 32 heavy (non-hydrogen) atoms. The van der Waals surface area contributed by atoms with Crippen LogP contribution < -0.4 is 16.0 Å². The van der Waals surface area contributed by atoms with Gasteiger partial charge in [0.2, 0.25) is 0 Å². The maximum Gasteiger partial charge on any atom is 0.347 e. The minimum absolute atomic E-state index is 0.0448. The number of aryl methyl sites for hydroxylation is 1. The van der Waals surface area contributed by atoms with Crippen LogP contribution in [0, 0.1) is 6.92 Å². The first-order chi connectivity index (χ1) is 15.6. The molecule has 0 aliphatic heterocycles. The van der Waals surface area contributed by atoms with Gasteiger partial charge in [-0.05, 0) is 48.4 Å². The molecule has 0 bridgehead atoms. The van der Waals surface area contributed by atoms with Crippen LogP contribution >= 0.6 is 0 Å². The third-order valence-corrected chi connectivity index (χ3v) is 4.99. The zero-order valence-electron chi connectivity index (χ0n) is 17.1. The maximum absolute atomic E-state index is 12.5. The number of nitrogens with zero attached hydrogens (tertiary/aromatic N) is 1. The van der Waals surface area contributed by atoms with E-state index in [9.17, 15) is 9.59 Å². The first kappa shape index (κ1) is 19.5. The topological polar surface area (TPSA) is 82.5 Å². The number of benzene rings is 3. The van der Waals surface area contributed by atoms with Crippen molar-refractivity contribution in [3.8, 4) is 5.75 Å². The van der Waals surface area contributed by atoms with E-state index in [2.05, 4.69) is 4.98 Å². The van der Waals surface area contributed by atoms with Crippen molar-refractivity contribution in [2.45, 2.75) is 6.92 Å². The fourth-order valence-electron chi connectivity index (χ4n) is 3.46. The summed E-state index contributed by atoms with van der Waals surface area (Å²) < 4.78 is 16.9. The molecule has 6 nitrogen and oxygen atoms in total. The summed E-state index contributed by atoms with van der Waals surface area (Å²) in [6.45, 7) is 1.84. The lowest BCUT2D eigenvalue weighted by Gasteiger charge is -2.10. The van der Waals surface area contributed by atoms with E-state index in [1.54, 1.807) is 42.5 Å². The molecule has 0 radical (unpaired) electrons. The highest BCUT2D eigenvalue weighted by Gasteiger charge is 2.15. The average molecular weight is 423 g/mol. The number of hydrogen-bond acceptors (Lipinski definition) is 6. The summed E-state index contributed by atoms with van der Waals surface area (Å²) in [5.74, 6) is 0.697. The van der Waals surface area contributed by atoms with Gasteiger partial charge in [-0.15, -0.1) is 0 Å². The molecule has 0 N–H and O–H groups in total. The lowest BCUT2D eigenvalue weighted by molar-refractivity contribution is 0.431. The number of aromatic nitrogens is 1. The monoisotopic (exact) mass is 423 g/mol. The molecule has 0 spiro atoms. The van der Waals surface area contributed by atoms with Crippen molar-refractivity contribution in [3.63, 3.8) is 0 Å². The highest BCUT2D eigenvalue weighted by Crippen LogP contribution is 2.27. The molecule has 0 amide bonds. The number of ether oxygens (including phenoxy) is 1. The molecule has 5 aromatic rings. The smallest absolute Gasteiger partial charge is 0.347 e. The van der Waals surface area contributed by atoms with Crippen LogP contribution in [0.5, 0.6) is 5.75 Å². The SMILES string of the molecule is Cc1cc(=O)oc2cc(O/C(=C/c3ccccc3)c3nc4ccccc4c(=O)o3)ccc12. The second-order valence-corrected chi connectivity index (χ2v) is 7.25. The Bertz CT molecular complexity index is 1600.